The van der Waals surface area contributed by atoms with Crippen molar-refractivity contribution < 1.29 is 18.7 Å². The molecule has 1 amide bonds. The number of halogens is 1. The van der Waals surface area contributed by atoms with Gasteiger partial charge < -0.3 is 14.8 Å². The van der Waals surface area contributed by atoms with Crippen LogP contribution in [0.2, 0.25) is 0 Å². The van der Waals surface area contributed by atoms with Crippen molar-refractivity contribution in [3.05, 3.63) is 59.7 Å². The van der Waals surface area contributed by atoms with Crippen LogP contribution in [0.1, 0.15) is 23.0 Å². The number of pyridine rings is 1. The summed E-state index contributed by atoms with van der Waals surface area (Å²) in [7, 11) is 1.67. The van der Waals surface area contributed by atoms with Crippen molar-refractivity contribution in [2.45, 2.75) is 13.8 Å². The predicted molar refractivity (Wildman–Crippen MR) is 97.8 cm³/mol. The quantitative estimate of drug-likeness (QED) is 0.716. The topological polar surface area (TPSA) is 78.3 Å². The molecule has 8 heteroatoms. The molecular weight excluding hydrogens is 351 g/mol. The zero-order valence-corrected chi connectivity index (χ0v) is 15.2. The molecule has 0 atom stereocenters. The normalized spacial score (nSPS) is 10.5. The van der Waals surface area contributed by atoms with E-state index in [0.717, 1.165) is 0 Å². The third-order valence-electron chi connectivity index (χ3n) is 3.72. The predicted octanol–water partition coefficient (Wildman–Crippen LogP) is 3.71. The van der Waals surface area contributed by atoms with Crippen molar-refractivity contribution in [3.63, 3.8) is 0 Å². The van der Waals surface area contributed by atoms with Gasteiger partial charge >= 0.3 is 0 Å². The Labute approximate surface area is 155 Å². The standard InChI is InChI=1S/C19H19FN4O3/c1-4-26-18-15(9-6-10-21-18)17(25)22-16-12(2)23-24(3)19(16)27-14-8-5-7-13(20)11-14/h5-11H,4H2,1-3H3,(H,22,25). The van der Waals surface area contributed by atoms with Gasteiger partial charge in [-0.1, -0.05) is 6.07 Å². The van der Waals surface area contributed by atoms with Crippen molar-refractivity contribution >= 4 is 11.6 Å². The Morgan fingerprint density at radius 1 is 1.30 bits per heavy atom. The lowest BCUT2D eigenvalue weighted by atomic mass is 10.2. The molecule has 0 saturated carbocycles. The Bertz CT molecular complexity index is 971. The van der Waals surface area contributed by atoms with Crippen molar-refractivity contribution in [1.82, 2.24) is 14.8 Å². The molecule has 1 aromatic carbocycles. The van der Waals surface area contributed by atoms with Crippen LogP contribution in [0.15, 0.2) is 42.6 Å². The first-order valence-electron chi connectivity index (χ1n) is 8.35. The molecule has 0 saturated heterocycles. The minimum atomic E-state index is -0.423. The Morgan fingerprint density at radius 2 is 2.11 bits per heavy atom. The van der Waals surface area contributed by atoms with Crippen molar-refractivity contribution in [2.24, 2.45) is 7.05 Å². The lowest BCUT2D eigenvalue weighted by Crippen LogP contribution is -2.15. The number of hydrogen-bond donors (Lipinski definition) is 1. The highest BCUT2D eigenvalue weighted by Gasteiger charge is 2.21. The lowest BCUT2D eigenvalue weighted by molar-refractivity contribution is 0.102. The molecule has 0 radical (unpaired) electrons. The number of carbonyl (C=O) groups excluding carboxylic acids is 1. The summed E-state index contributed by atoms with van der Waals surface area (Å²) in [6, 6.07) is 9.00. The number of aromatic nitrogens is 3. The Hall–Kier alpha value is -3.42. The van der Waals surface area contributed by atoms with Crippen LogP contribution in [0.5, 0.6) is 17.5 Å². The second kappa shape index (κ2) is 7.86. The van der Waals surface area contributed by atoms with E-state index >= 15 is 0 Å². The summed E-state index contributed by atoms with van der Waals surface area (Å²) in [4.78, 5) is 16.8. The van der Waals surface area contributed by atoms with E-state index in [0.29, 0.717) is 29.3 Å². The number of aryl methyl sites for hydroxylation is 2. The maximum Gasteiger partial charge on any atom is 0.261 e. The fraction of sp³-hybridized carbons (Fsp3) is 0.211. The number of hydrogen-bond acceptors (Lipinski definition) is 5. The first-order valence-corrected chi connectivity index (χ1v) is 8.35. The molecule has 0 aliphatic rings. The van der Waals surface area contributed by atoms with E-state index in [4.69, 9.17) is 9.47 Å². The number of ether oxygens (including phenoxy) is 2. The fourth-order valence-corrected chi connectivity index (χ4v) is 2.54. The van der Waals surface area contributed by atoms with E-state index in [1.54, 1.807) is 38.4 Å². The van der Waals surface area contributed by atoms with Crippen LogP contribution in [0.4, 0.5) is 10.1 Å². The van der Waals surface area contributed by atoms with Gasteiger partial charge in [0.2, 0.25) is 11.8 Å². The number of nitrogens with zero attached hydrogens (tertiary/aromatic N) is 3. The molecule has 0 fully saturated rings. The molecule has 0 spiro atoms. The molecule has 0 unspecified atom stereocenters. The minimum Gasteiger partial charge on any atom is -0.477 e. The summed E-state index contributed by atoms with van der Waals surface area (Å²) in [6.07, 6.45) is 1.55. The summed E-state index contributed by atoms with van der Waals surface area (Å²) in [6.45, 7) is 3.93. The molecule has 0 aliphatic heterocycles. The van der Waals surface area contributed by atoms with Crippen LogP contribution in [0.25, 0.3) is 0 Å². The Morgan fingerprint density at radius 3 is 2.85 bits per heavy atom. The van der Waals surface area contributed by atoms with Crippen LogP contribution in [-0.4, -0.2) is 27.3 Å². The van der Waals surface area contributed by atoms with E-state index in [-0.39, 0.29) is 11.8 Å². The van der Waals surface area contributed by atoms with E-state index < -0.39 is 11.7 Å². The van der Waals surface area contributed by atoms with Gasteiger partial charge in [-0.3, -0.25) is 4.79 Å². The van der Waals surface area contributed by atoms with Gasteiger partial charge in [-0.15, -0.1) is 0 Å². The van der Waals surface area contributed by atoms with Crippen molar-refractivity contribution in [1.29, 1.82) is 0 Å². The number of benzene rings is 1. The number of carbonyl (C=O) groups is 1. The summed E-state index contributed by atoms with van der Waals surface area (Å²) >= 11 is 0. The van der Waals surface area contributed by atoms with Crippen LogP contribution in [0.3, 0.4) is 0 Å². The van der Waals surface area contributed by atoms with Crippen molar-refractivity contribution in [3.8, 4) is 17.5 Å². The molecule has 2 heterocycles. The van der Waals surface area contributed by atoms with E-state index in [1.807, 2.05) is 6.92 Å². The summed E-state index contributed by atoms with van der Waals surface area (Å²) in [5.74, 6) is -0.00902. The fourth-order valence-electron chi connectivity index (χ4n) is 2.54. The zero-order valence-electron chi connectivity index (χ0n) is 15.2. The number of amides is 1. The van der Waals surface area contributed by atoms with Crippen LogP contribution in [0, 0.1) is 12.7 Å². The van der Waals surface area contributed by atoms with Crippen LogP contribution >= 0.6 is 0 Å². The first kappa shape index (κ1) is 18.4. The molecule has 2 aromatic heterocycles. The molecule has 0 aliphatic carbocycles. The average molecular weight is 370 g/mol. The van der Waals surface area contributed by atoms with Gasteiger partial charge in [-0.2, -0.15) is 5.10 Å². The summed E-state index contributed by atoms with van der Waals surface area (Å²) < 4.78 is 26.1. The highest BCUT2D eigenvalue weighted by molar-refractivity contribution is 6.06. The van der Waals surface area contributed by atoms with E-state index in [1.165, 1.54) is 22.9 Å². The van der Waals surface area contributed by atoms with Gasteiger partial charge in [0.25, 0.3) is 5.91 Å². The Kier molecular flexibility index (Phi) is 5.35. The second-order valence-corrected chi connectivity index (χ2v) is 5.69. The molecule has 1 N–H and O–H groups in total. The van der Waals surface area contributed by atoms with Crippen LogP contribution in [-0.2, 0) is 7.05 Å². The van der Waals surface area contributed by atoms with E-state index in [9.17, 15) is 9.18 Å². The lowest BCUT2D eigenvalue weighted by Gasteiger charge is -2.11. The number of anilines is 1. The minimum absolute atomic E-state index is 0.242. The van der Waals surface area contributed by atoms with Gasteiger partial charge in [-0.05, 0) is 38.1 Å². The highest BCUT2D eigenvalue weighted by atomic mass is 19.1. The smallest absolute Gasteiger partial charge is 0.261 e. The van der Waals surface area contributed by atoms with E-state index in [2.05, 4.69) is 15.4 Å². The van der Waals surface area contributed by atoms with Gasteiger partial charge in [0, 0.05) is 19.3 Å². The maximum absolute atomic E-state index is 13.4. The van der Waals surface area contributed by atoms with Gasteiger partial charge in [0.1, 0.15) is 22.8 Å². The third-order valence-corrected chi connectivity index (χ3v) is 3.72. The van der Waals surface area contributed by atoms with Gasteiger partial charge in [0.15, 0.2) is 0 Å². The molecule has 3 aromatic rings. The monoisotopic (exact) mass is 370 g/mol. The molecular formula is C19H19FN4O3. The average Bonchev–Trinajstić information content (AvgIpc) is 2.89. The van der Waals surface area contributed by atoms with Crippen LogP contribution < -0.4 is 14.8 Å². The second-order valence-electron chi connectivity index (χ2n) is 5.69. The highest BCUT2D eigenvalue weighted by Crippen LogP contribution is 2.32. The molecule has 0 bridgehead atoms. The molecule has 3 rings (SSSR count). The summed E-state index contributed by atoms with van der Waals surface area (Å²) in [5, 5.41) is 7.06. The van der Waals surface area contributed by atoms with Crippen molar-refractivity contribution in [2.75, 3.05) is 11.9 Å². The maximum atomic E-state index is 13.4. The Balaban J connectivity index is 1.90. The molecule has 140 valence electrons. The first-order chi connectivity index (χ1) is 13.0. The van der Waals surface area contributed by atoms with Gasteiger partial charge in [-0.25, -0.2) is 14.1 Å². The SMILES string of the molecule is CCOc1ncccc1C(=O)Nc1c(C)nn(C)c1Oc1cccc(F)c1. The van der Waals surface area contributed by atoms with Gasteiger partial charge in [0.05, 0.1) is 12.3 Å². The number of nitrogens with one attached hydrogen (secondary N) is 1. The molecule has 27 heavy (non-hydrogen) atoms. The zero-order chi connectivity index (χ0) is 19.4. The number of rotatable bonds is 6. The summed E-state index contributed by atoms with van der Waals surface area (Å²) in [5.41, 5.74) is 1.23. The molecule has 7 nitrogen and oxygen atoms in total. The third kappa shape index (κ3) is 4.05. The largest absolute Gasteiger partial charge is 0.477 e.